The monoisotopic (exact) mass is 241 g/mol. The van der Waals surface area contributed by atoms with Crippen molar-refractivity contribution >= 4 is 11.6 Å². The lowest BCUT2D eigenvalue weighted by Crippen LogP contribution is -2.03. The van der Waals surface area contributed by atoms with Gasteiger partial charge in [-0.25, -0.2) is 0 Å². The van der Waals surface area contributed by atoms with Crippen LogP contribution in [0.2, 0.25) is 5.02 Å². The predicted molar refractivity (Wildman–Crippen MR) is 57.9 cm³/mol. The summed E-state index contributed by atoms with van der Waals surface area (Å²) in [6.45, 7) is 4.00. The minimum atomic E-state index is -4.27. The molecule has 0 unspecified atom stereocenters. The van der Waals surface area contributed by atoms with Crippen LogP contribution in [-0.4, -0.2) is 7.05 Å². The van der Waals surface area contributed by atoms with E-state index in [4.69, 9.17) is 11.6 Å². The zero-order chi connectivity index (χ0) is 12.5. The van der Waals surface area contributed by atoms with Gasteiger partial charge in [-0.15, -0.1) is 0 Å². The summed E-state index contributed by atoms with van der Waals surface area (Å²) < 4.78 is 35.6. The molecule has 0 spiro atoms. The van der Waals surface area contributed by atoms with Crippen LogP contribution < -0.4 is 5.73 Å². The van der Waals surface area contributed by atoms with Gasteiger partial charge < -0.3 is 5.73 Å². The first kappa shape index (κ1) is 16.7. The lowest BCUT2D eigenvalue weighted by Gasteiger charge is -2.04. The number of halogens is 4. The Kier molecular flexibility index (Phi) is 9.52. The van der Waals surface area contributed by atoms with Crippen LogP contribution in [0.3, 0.4) is 0 Å². The molecule has 0 radical (unpaired) electrons. The molecule has 0 saturated heterocycles. The normalized spacial score (nSPS) is 9.33. The summed E-state index contributed by atoms with van der Waals surface area (Å²) in [5, 5.41) is 0.304. The zero-order valence-corrected chi connectivity index (χ0v) is 9.65. The molecule has 1 aromatic rings. The maximum absolute atomic E-state index is 11.9. The second-order valence-corrected chi connectivity index (χ2v) is 2.44. The highest BCUT2D eigenvalue weighted by Gasteiger charge is 2.29. The lowest BCUT2D eigenvalue weighted by molar-refractivity contribution is -0.137. The van der Waals surface area contributed by atoms with Crippen LogP contribution in [0.4, 0.5) is 13.2 Å². The van der Waals surface area contributed by atoms with Gasteiger partial charge in [0.15, 0.2) is 0 Å². The van der Waals surface area contributed by atoms with Crippen LogP contribution in [0.5, 0.6) is 0 Å². The Morgan fingerprint density at radius 1 is 1.00 bits per heavy atom. The van der Waals surface area contributed by atoms with Gasteiger partial charge in [0.25, 0.3) is 0 Å². The predicted octanol–water partition coefficient (Wildman–Crippen LogP) is 3.96. The Bertz CT molecular complexity index is 244. The minimum Gasteiger partial charge on any atom is -0.333 e. The third-order valence-corrected chi connectivity index (χ3v) is 1.42. The van der Waals surface area contributed by atoms with Crippen LogP contribution in [0.25, 0.3) is 0 Å². The van der Waals surface area contributed by atoms with Crippen molar-refractivity contribution in [3.8, 4) is 0 Å². The molecule has 0 amide bonds. The summed E-state index contributed by atoms with van der Waals surface area (Å²) in [5.74, 6) is 0. The van der Waals surface area contributed by atoms with Gasteiger partial charge in [-0.05, 0) is 31.3 Å². The molecule has 1 nitrogen and oxygen atoms in total. The molecule has 1 aromatic carbocycles. The maximum Gasteiger partial charge on any atom is 0.416 e. The van der Waals surface area contributed by atoms with E-state index in [1.807, 2.05) is 13.8 Å². The molecule has 0 heterocycles. The Morgan fingerprint density at radius 3 is 1.60 bits per heavy atom. The largest absolute Gasteiger partial charge is 0.416 e. The van der Waals surface area contributed by atoms with E-state index >= 15 is 0 Å². The van der Waals surface area contributed by atoms with E-state index in [0.717, 1.165) is 12.1 Å². The highest BCUT2D eigenvalue weighted by molar-refractivity contribution is 6.30. The van der Waals surface area contributed by atoms with E-state index in [1.54, 1.807) is 0 Å². The van der Waals surface area contributed by atoms with Crippen LogP contribution in [0.15, 0.2) is 24.3 Å². The van der Waals surface area contributed by atoms with E-state index in [-0.39, 0.29) is 0 Å². The standard InChI is InChI=1S/C7H4ClF3.C2H6.CH5N/c8-6-3-1-5(2-4-6)7(9,10)11;2*1-2/h1-4H;1-2H3;2H2,1H3. The van der Waals surface area contributed by atoms with Gasteiger partial charge in [-0.1, -0.05) is 25.4 Å². The third kappa shape index (κ3) is 7.22. The minimum absolute atomic E-state index is 0.304. The molecule has 1 rings (SSSR count). The van der Waals surface area contributed by atoms with Gasteiger partial charge in [0, 0.05) is 5.02 Å². The Balaban J connectivity index is 0. The molecular formula is C10H15ClF3N. The number of benzene rings is 1. The second-order valence-electron chi connectivity index (χ2n) is 2.00. The average molecular weight is 242 g/mol. The molecule has 0 atom stereocenters. The van der Waals surface area contributed by atoms with Crippen molar-refractivity contribution in [2.24, 2.45) is 5.73 Å². The number of nitrogens with two attached hydrogens (primary N) is 1. The highest BCUT2D eigenvalue weighted by atomic mass is 35.5. The molecule has 0 saturated carbocycles. The van der Waals surface area contributed by atoms with Crippen molar-refractivity contribution in [3.05, 3.63) is 34.9 Å². The first-order chi connectivity index (χ1) is 7.00. The quantitative estimate of drug-likeness (QED) is 0.731. The van der Waals surface area contributed by atoms with Crippen molar-refractivity contribution in [2.75, 3.05) is 7.05 Å². The molecule has 15 heavy (non-hydrogen) atoms. The molecular weight excluding hydrogens is 227 g/mol. The molecule has 0 aliphatic heterocycles. The van der Waals surface area contributed by atoms with Gasteiger partial charge in [-0.3, -0.25) is 0 Å². The van der Waals surface area contributed by atoms with E-state index in [0.29, 0.717) is 5.02 Å². The summed E-state index contributed by atoms with van der Waals surface area (Å²) in [4.78, 5) is 0. The topological polar surface area (TPSA) is 26.0 Å². The summed E-state index contributed by atoms with van der Waals surface area (Å²) in [6, 6.07) is 4.32. The molecule has 88 valence electrons. The smallest absolute Gasteiger partial charge is 0.333 e. The number of alkyl halides is 3. The van der Waals surface area contributed by atoms with Crippen LogP contribution in [0.1, 0.15) is 19.4 Å². The van der Waals surface area contributed by atoms with E-state index in [2.05, 4.69) is 5.73 Å². The van der Waals surface area contributed by atoms with Gasteiger partial charge in [-0.2, -0.15) is 13.2 Å². The molecule has 0 bridgehead atoms. The second kappa shape index (κ2) is 8.56. The van der Waals surface area contributed by atoms with Gasteiger partial charge >= 0.3 is 6.18 Å². The van der Waals surface area contributed by atoms with Crippen molar-refractivity contribution < 1.29 is 13.2 Å². The third-order valence-electron chi connectivity index (χ3n) is 1.17. The number of rotatable bonds is 0. The fourth-order valence-electron chi connectivity index (χ4n) is 0.639. The summed E-state index contributed by atoms with van der Waals surface area (Å²) >= 11 is 5.39. The van der Waals surface area contributed by atoms with E-state index in [9.17, 15) is 13.2 Å². The van der Waals surface area contributed by atoms with Crippen LogP contribution in [0, 0.1) is 0 Å². The van der Waals surface area contributed by atoms with Crippen LogP contribution >= 0.6 is 11.6 Å². The lowest BCUT2D eigenvalue weighted by atomic mass is 10.2. The first-order valence-electron chi connectivity index (χ1n) is 4.40. The number of hydrogen-bond donors (Lipinski definition) is 1. The maximum atomic E-state index is 11.9. The summed E-state index contributed by atoms with van der Waals surface area (Å²) in [7, 11) is 1.50. The van der Waals surface area contributed by atoms with Gasteiger partial charge in [0.2, 0.25) is 0 Å². The summed E-state index contributed by atoms with van der Waals surface area (Å²) in [5.41, 5.74) is 3.82. The molecule has 0 fully saturated rings. The Morgan fingerprint density at radius 2 is 1.33 bits per heavy atom. The van der Waals surface area contributed by atoms with E-state index < -0.39 is 11.7 Å². The molecule has 0 aliphatic rings. The molecule has 5 heteroatoms. The highest BCUT2D eigenvalue weighted by Crippen LogP contribution is 2.29. The van der Waals surface area contributed by atoms with Crippen molar-refractivity contribution in [3.63, 3.8) is 0 Å². The Labute approximate surface area is 93.0 Å². The average Bonchev–Trinajstić information content (AvgIpc) is 2.23. The fraction of sp³-hybridized carbons (Fsp3) is 0.400. The fourth-order valence-corrected chi connectivity index (χ4v) is 0.765. The zero-order valence-electron chi connectivity index (χ0n) is 8.90. The van der Waals surface area contributed by atoms with E-state index in [1.165, 1.54) is 19.2 Å². The molecule has 0 aliphatic carbocycles. The van der Waals surface area contributed by atoms with Crippen molar-refractivity contribution in [1.82, 2.24) is 0 Å². The first-order valence-corrected chi connectivity index (χ1v) is 4.78. The van der Waals surface area contributed by atoms with Crippen LogP contribution in [-0.2, 0) is 6.18 Å². The molecule has 0 aromatic heterocycles. The van der Waals surface area contributed by atoms with Gasteiger partial charge in [0.05, 0.1) is 5.56 Å². The molecule has 2 N–H and O–H groups in total. The summed E-state index contributed by atoms with van der Waals surface area (Å²) in [6.07, 6.45) is -4.27. The van der Waals surface area contributed by atoms with Crippen molar-refractivity contribution in [1.29, 1.82) is 0 Å². The van der Waals surface area contributed by atoms with Gasteiger partial charge in [0.1, 0.15) is 0 Å². The SMILES string of the molecule is CC.CN.FC(F)(F)c1ccc(Cl)cc1. The van der Waals surface area contributed by atoms with Crippen molar-refractivity contribution in [2.45, 2.75) is 20.0 Å². The number of hydrogen-bond acceptors (Lipinski definition) is 1. The Hall–Kier alpha value is -0.740.